The molecule has 3 aliphatic carbocycles. The van der Waals surface area contributed by atoms with E-state index < -0.39 is 0 Å². The Kier molecular flexibility index (Phi) is 1.51. The molecule has 13 heavy (non-hydrogen) atoms. The van der Waals surface area contributed by atoms with Crippen molar-refractivity contribution in [3.05, 3.63) is 24.3 Å². The summed E-state index contributed by atoms with van der Waals surface area (Å²) in [6.07, 6.45) is 13.3. The molecule has 0 saturated heterocycles. The van der Waals surface area contributed by atoms with Gasteiger partial charge in [0.2, 0.25) is 0 Å². The first-order valence-corrected chi connectivity index (χ1v) is 5.68. The second-order valence-corrected chi connectivity index (χ2v) is 5.16. The molecule has 0 aliphatic heterocycles. The quantitative estimate of drug-likeness (QED) is 0.491. The van der Waals surface area contributed by atoms with E-state index in [0.29, 0.717) is 5.41 Å². The molecule has 0 heteroatoms. The third-order valence-electron chi connectivity index (χ3n) is 4.56. The van der Waals surface area contributed by atoms with Gasteiger partial charge in [-0.1, -0.05) is 30.7 Å². The van der Waals surface area contributed by atoms with Crippen molar-refractivity contribution in [3.8, 4) is 0 Å². The van der Waals surface area contributed by atoms with Crippen molar-refractivity contribution in [2.75, 3.05) is 0 Å². The Hall–Kier alpha value is -0.520. The molecule has 70 valence electrons. The summed E-state index contributed by atoms with van der Waals surface area (Å²) >= 11 is 0. The van der Waals surface area contributed by atoms with Crippen LogP contribution >= 0.6 is 0 Å². The Balaban J connectivity index is 1.96. The SMILES string of the molecule is C=C1CCCCC12CC1C=CC2C1. The number of rotatable bonds is 0. The van der Waals surface area contributed by atoms with Crippen molar-refractivity contribution in [1.82, 2.24) is 0 Å². The minimum atomic E-state index is 0.567. The van der Waals surface area contributed by atoms with Crippen LogP contribution in [0.3, 0.4) is 0 Å². The lowest BCUT2D eigenvalue weighted by atomic mass is 9.63. The van der Waals surface area contributed by atoms with E-state index in [-0.39, 0.29) is 0 Å². The van der Waals surface area contributed by atoms with E-state index in [1.807, 2.05) is 0 Å². The van der Waals surface area contributed by atoms with Gasteiger partial charge < -0.3 is 0 Å². The van der Waals surface area contributed by atoms with Gasteiger partial charge in [-0.25, -0.2) is 0 Å². The highest BCUT2D eigenvalue weighted by Crippen LogP contribution is 2.60. The largest absolute Gasteiger partial charge is 0.0993 e. The van der Waals surface area contributed by atoms with Gasteiger partial charge in [-0.15, -0.1) is 0 Å². The molecule has 2 bridgehead atoms. The molecule has 3 aliphatic rings. The maximum absolute atomic E-state index is 4.33. The zero-order valence-electron chi connectivity index (χ0n) is 8.26. The number of allylic oxidation sites excluding steroid dienone is 3. The molecule has 0 heterocycles. The number of fused-ring (bicyclic) bond motifs is 3. The van der Waals surface area contributed by atoms with Crippen LogP contribution in [0.25, 0.3) is 0 Å². The summed E-state index contributed by atoms with van der Waals surface area (Å²) in [6.45, 7) is 4.33. The van der Waals surface area contributed by atoms with Crippen LogP contribution in [0.2, 0.25) is 0 Å². The lowest BCUT2D eigenvalue weighted by Crippen LogP contribution is -2.30. The van der Waals surface area contributed by atoms with Crippen LogP contribution in [-0.4, -0.2) is 0 Å². The average Bonchev–Trinajstić information content (AvgIpc) is 2.70. The van der Waals surface area contributed by atoms with Gasteiger partial charge in [0.15, 0.2) is 0 Å². The summed E-state index contributed by atoms with van der Waals surface area (Å²) in [5.41, 5.74) is 2.15. The van der Waals surface area contributed by atoms with Crippen LogP contribution in [0.15, 0.2) is 24.3 Å². The standard InChI is InChI=1S/C13H18/c1-10-4-2-3-7-13(10)9-11-5-6-12(13)8-11/h5-6,11-12H,1-4,7-9H2. The van der Waals surface area contributed by atoms with Crippen LogP contribution in [0, 0.1) is 17.3 Å². The van der Waals surface area contributed by atoms with Crippen molar-refractivity contribution in [1.29, 1.82) is 0 Å². The molecule has 3 atom stereocenters. The molecule has 3 unspecified atom stereocenters. The predicted molar refractivity (Wildman–Crippen MR) is 55.4 cm³/mol. The third-order valence-corrected chi connectivity index (χ3v) is 4.56. The van der Waals surface area contributed by atoms with E-state index in [1.54, 1.807) is 5.57 Å². The van der Waals surface area contributed by atoms with E-state index in [0.717, 1.165) is 11.8 Å². The van der Waals surface area contributed by atoms with E-state index in [1.165, 1.54) is 38.5 Å². The van der Waals surface area contributed by atoms with Gasteiger partial charge in [-0.05, 0) is 49.4 Å². The molecule has 3 rings (SSSR count). The molecule has 0 nitrogen and oxygen atoms in total. The Morgan fingerprint density at radius 3 is 2.85 bits per heavy atom. The van der Waals surface area contributed by atoms with Crippen molar-refractivity contribution >= 4 is 0 Å². The first-order valence-electron chi connectivity index (χ1n) is 5.68. The Morgan fingerprint density at radius 2 is 2.23 bits per heavy atom. The summed E-state index contributed by atoms with van der Waals surface area (Å²) in [4.78, 5) is 0. The number of hydrogen-bond donors (Lipinski definition) is 0. The molecule has 0 N–H and O–H groups in total. The topological polar surface area (TPSA) is 0 Å². The fourth-order valence-electron chi connectivity index (χ4n) is 3.85. The first-order chi connectivity index (χ1) is 6.31. The third kappa shape index (κ3) is 0.920. The zero-order valence-corrected chi connectivity index (χ0v) is 8.26. The molecular formula is C13H18. The lowest BCUT2D eigenvalue weighted by molar-refractivity contribution is 0.225. The van der Waals surface area contributed by atoms with Crippen molar-refractivity contribution in [2.24, 2.45) is 17.3 Å². The fourth-order valence-corrected chi connectivity index (χ4v) is 3.85. The zero-order chi connectivity index (χ0) is 8.89. The minimum Gasteiger partial charge on any atom is -0.0993 e. The summed E-state index contributed by atoms with van der Waals surface area (Å²) in [6, 6.07) is 0. The Morgan fingerprint density at radius 1 is 1.31 bits per heavy atom. The maximum Gasteiger partial charge on any atom is -0.00223 e. The monoisotopic (exact) mass is 174 g/mol. The van der Waals surface area contributed by atoms with Crippen molar-refractivity contribution in [2.45, 2.75) is 38.5 Å². The van der Waals surface area contributed by atoms with Gasteiger partial charge in [0.1, 0.15) is 0 Å². The fraction of sp³-hybridized carbons (Fsp3) is 0.692. The van der Waals surface area contributed by atoms with Crippen LogP contribution in [0.4, 0.5) is 0 Å². The van der Waals surface area contributed by atoms with Crippen LogP contribution in [0.1, 0.15) is 38.5 Å². The van der Waals surface area contributed by atoms with Gasteiger partial charge in [0.25, 0.3) is 0 Å². The normalized spacial score (nSPS) is 47.8. The molecule has 2 fully saturated rings. The van der Waals surface area contributed by atoms with Crippen LogP contribution < -0.4 is 0 Å². The molecule has 0 aromatic heterocycles. The van der Waals surface area contributed by atoms with Gasteiger partial charge in [0, 0.05) is 0 Å². The van der Waals surface area contributed by atoms with Gasteiger partial charge in [0.05, 0.1) is 0 Å². The summed E-state index contributed by atoms with van der Waals surface area (Å²) in [5, 5.41) is 0. The molecule has 0 amide bonds. The van der Waals surface area contributed by atoms with Crippen LogP contribution in [0.5, 0.6) is 0 Å². The van der Waals surface area contributed by atoms with Gasteiger partial charge in [-0.3, -0.25) is 0 Å². The van der Waals surface area contributed by atoms with Gasteiger partial charge in [-0.2, -0.15) is 0 Å². The summed E-state index contributed by atoms with van der Waals surface area (Å²) < 4.78 is 0. The molecule has 0 aromatic rings. The molecule has 2 saturated carbocycles. The van der Waals surface area contributed by atoms with Crippen LogP contribution in [-0.2, 0) is 0 Å². The molecule has 0 aromatic carbocycles. The van der Waals surface area contributed by atoms with Crippen molar-refractivity contribution in [3.63, 3.8) is 0 Å². The summed E-state index contributed by atoms with van der Waals surface area (Å²) in [7, 11) is 0. The second kappa shape index (κ2) is 2.50. The minimum absolute atomic E-state index is 0.567. The predicted octanol–water partition coefficient (Wildman–Crippen LogP) is 3.70. The number of hydrogen-bond acceptors (Lipinski definition) is 0. The lowest BCUT2D eigenvalue weighted by Gasteiger charge is -2.41. The molecular weight excluding hydrogens is 156 g/mol. The highest BCUT2D eigenvalue weighted by molar-refractivity contribution is 5.27. The highest BCUT2D eigenvalue weighted by Gasteiger charge is 2.49. The Bertz CT molecular complexity index is 274. The average molecular weight is 174 g/mol. The maximum atomic E-state index is 4.33. The molecule has 0 radical (unpaired) electrons. The Labute approximate surface area is 80.7 Å². The molecule has 1 spiro atoms. The van der Waals surface area contributed by atoms with Crippen molar-refractivity contribution < 1.29 is 0 Å². The smallest absolute Gasteiger partial charge is 0.00223 e. The summed E-state index contributed by atoms with van der Waals surface area (Å²) in [5.74, 6) is 1.77. The second-order valence-electron chi connectivity index (χ2n) is 5.16. The van der Waals surface area contributed by atoms with E-state index >= 15 is 0 Å². The van der Waals surface area contributed by atoms with E-state index in [9.17, 15) is 0 Å². The van der Waals surface area contributed by atoms with E-state index in [4.69, 9.17) is 0 Å². The first kappa shape index (κ1) is 7.84. The van der Waals surface area contributed by atoms with E-state index in [2.05, 4.69) is 18.7 Å². The highest BCUT2D eigenvalue weighted by atomic mass is 14.5. The van der Waals surface area contributed by atoms with Gasteiger partial charge >= 0.3 is 0 Å².